The number of rotatable bonds is 8. The van der Waals surface area contributed by atoms with Crippen molar-refractivity contribution in [3.8, 4) is 0 Å². The first-order chi connectivity index (χ1) is 9.84. The summed E-state index contributed by atoms with van der Waals surface area (Å²) in [5.41, 5.74) is 3.38. The van der Waals surface area contributed by atoms with Gasteiger partial charge in [0.15, 0.2) is 0 Å². The first kappa shape index (κ1) is 13.6. The van der Waals surface area contributed by atoms with Crippen LogP contribution < -0.4 is 5.32 Å². The summed E-state index contributed by atoms with van der Waals surface area (Å²) in [7, 11) is 0. The molecule has 0 radical (unpaired) electrons. The topological polar surface area (TPSA) is 38.6 Å². The van der Waals surface area contributed by atoms with E-state index < -0.39 is 0 Å². The van der Waals surface area contributed by atoms with Gasteiger partial charge >= 0.3 is 0 Å². The number of aryl methyl sites for hydroxylation is 1. The lowest BCUT2D eigenvalue weighted by molar-refractivity contribution is 0.122. The largest absolute Gasteiger partial charge is 0.381 e. The molecule has 4 heteroatoms. The average molecular weight is 273 g/mol. The lowest BCUT2D eigenvalue weighted by Gasteiger charge is -2.06. The van der Waals surface area contributed by atoms with Gasteiger partial charge in [-0.05, 0) is 50.8 Å². The number of nitrogens with zero attached hydrogens (tertiary/aromatic N) is 2. The standard InChI is InChI=1S/C16H23N3O/c1-13-15(19-9-3-2-5-16(19)18-13)11-17-8-4-10-20-12-14-6-7-14/h2-3,5,9,14,17H,4,6-8,10-12H2,1H3. The number of imidazole rings is 1. The first-order valence-electron chi connectivity index (χ1n) is 7.55. The number of ether oxygens (including phenoxy) is 1. The van der Waals surface area contributed by atoms with Crippen LogP contribution in [0.4, 0.5) is 0 Å². The van der Waals surface area contributed by atoms with Gasteiger partial charge in [0, 0.05) is 26.0 Å². The Bertz CT molecular complexity index is 560. The Hall–Kier alpha value is -1.39. The summed E-state index contributed by atoms with van der Waals surface area (Å²) in [6, 6.07) is 6.11. The third-order valence-corrected chi connectivity index (χ3v) is 3.81. The molecular weight excluding hydrogens is 250 g/mol. The van der Waals surface area contributed by atoms with E-state index in [2.05, 4.69) is 27.8 Å². The maximum atomic E-state index is 5.63. The van der Waals surface area contributed by atoms with Crippen LogP contribution in [-0.4, -0.2) is 29.1 Å². The molecule has 108 valence electrons. The van der Waals surface area contributed by atoms with Crippen molar-refractivity contribution in [3.05, 3.63) is 35.8 Å². The van der Waals surface area contributed by atoms with E-state index in [4.69, 9.17) is 4.74 Å². The third-order valence-electron chi connectivity index (χ3n) is 3.81. The van der Waals surface area contributed by atoms with Crippen LogP contribution in [0.2, 0.25) is 0 Å². The number of pyridine rings is 1. The second-order valence-corrected chi connectivity index (χ2v) is 5.62. The molecule has 0 aliphatic heterocycles. The SMILES string of the molecule is Cc1nc2ccccn2c1CNCCCOCC1CC1. The highest BCUT2D eigenvalue weighted by Crippen LogP contribution is 2.28. The van der Waals surface area contributed by atoms with E-state index in [1.54, 1.807) is 0 Å². The van der Waals surface area contributed by atoms with Crippen molar-refractivity contribution in [1.29, 1.82) is 0 Å². The van der Waals surface area contributed by atoms with Gasteiger partial charge in [-0.2, -0.15) is 0 Å². The van der Waals surface area contributed by atoms with Gasteiger partial charge in [0.2, 0.25) is 0 Å². The van der Waals surface area contributed by atoms with Crippen molar-refractivity contribution in [2.24, 2.45) is 5.92 Å². The van der Waals surface area contributed by atoms with E-state index in [1.807, 2.05) is 18.2 Å². The molecule has 2 aromatic rings. The zero-order chi connectivity index (χ0) is 13.8. The molecule has 1 aliphatic carbocycles. The molecule has 0 bridgehead atoms. The van der Waals surface area contributed by atoms with E-state index >= 15 is 0 Å². The zero-order valence-electron chi connectivity index (χ0n) is 12.1. The van der Waals surface area contributed by atoms with Crippen LogP contribution in [0.1, 0.15) is 30.7 Å². The minimum Gasteiger partial charge on any atom is -0.381 e. The molecule has 1 N–H and O–H groups in total. The molecule has 2 heterocycles. The molecule has 20 heavy (non-hydrogen) atoms. The Morgan fingerprint density at radius 1 is 1.40 bits per heavy atom. The maximum Gasteiger partial charge on any atom is 0.137 e. The van der Waals surface area contributed by atoms with Gasteiger partial charge in [-0.3, -0.25) is 0 Å². The van der Waals surface area contributed by atoms with E-state index in [9.17, 15) is 0 Å². The molecule has 0 unspecified atom stereocenters. The molecule has 4 nitrogen and oxygen atoms in total. The molecule has 0 amide bonds. The van der Waals surface area contributed by atoms with E-state index in [1.165, 1.54) is 18.5 Å². The van der Waals surface area contributed by atoms with Gasteiger partial charge in [-0.25, -0.2) is 4.98 Å². The Morgan fingerprint density at radius 2 is 2.30 bits per heavy atom. The average Bonchev–Trinajstić information content (AvgIpc) is 3.22. The molecule has 0 aromatic carbocycles. The molecular formula is C16H23N3O. The molecule has 0 spiro atoms. The van der Waals surface area contributed by atoms with Crippen molar-refractivity contribution >= 4 is 5.65 Å². The fourth-order valence-corrected chi connectivity index (χ4v) is 2.42. The minimum atomic E-state index is 0.861. The van der Waals surface area contributed by atoms with Crippen LogP contribution in [0.15, 0.2) is 24.4 Å². The second-order valence-electron chi connectivity index (χ2n) is 5.62. The number of hydrogen-bond acceptors (Lipinski definition) is 3. The van der Waals surface area contributed by atoms with Gasteiger partial charge < -0.3 is 14.5 Å². The monoisotopic (exact) mass is 273 g/mol. The number of fused-ring (bicyclic) bond motifs is 1. The van der Waals surface area contributed by atoms with Crippen molar-refractivity contribution in [3.63, 3.8) is 0 Å². The highest BCUT2D eigenvalue weighted by Gasteiger charge is 2.20. The van der Waals surface area contributed by atoms with Crippen molar-refractivity contribution in [1.82, 2.24) is 14.7 Å². The quantitative estimate of drug-likeness (QED) is 0.751. The fourth-order valence-electron chi connectivity index (χ4n) is 2.42. The van der Waals surface area contributed by atoms with Crippen LogP contribution >= 0.6 is 0 Å². The molecule has 1 aliphatic rings. The van der Waals surface area contributed by atoms with Crippen LogP contribution in [0.25, 0.3) is 5.65 Å². The summed E-state index contributed by atoms with van der Waals surface area (Å²) in [5.74, 6) is 0.865. The van der Waals surface area contributed by atoms with Crippen molar-refractivity contribution in [2.45, 2.75) is 32.7 Å². The fraction of sp³-hybridized carbons (Fsp3) is 0.562. The maximum absolute atomic E-state index is 5.63. The van der Waals surface area contributed by atoms with E-state index in [0.29, 0.717) is 0 Å². The first-order valence-corrected chi connectivity index (χ1v) is 7.55. The predicted molar refractivity (Wildman–Crippen MR) is 79.8 cm³/mol. The molecule has 0 atom stereocenters. The highest BCUT2D eigenvalue weighted by atomic mass is 16.5. The smallest absolute Gasteiger partial charge is 0.137 e. The Balaban J connectivity index is 1.41. The Morgan fingerprint density at radius 3 is 3.15 bits per heavy atom. The van der Waals surface area contributed by atoms with Gasteiger partial charge in [-0.1, -0.05) is 6.07 Å². The number of hydrogen-bond donors (Lipinski definition) is 1. The van der Waals surface area contributed by atoms with Crippen LogP contribution in [-0.2, 0) is 11.3 Å². The molecule has 2 aromatic heterocycles. The van der Waals surface area contributed by atoms with Crippen LogP contribution in [0.5, 0.6) is 0 Å². The zero-order valence-corrected chi connectivity index (χ0v) is 12.1. The van der Waals surface area contributed by atoms with Crippen LogP contribution in [0.3, 0.4) is 0 Å². The summed E-state index contributed by atoms with van der Waals surface area (Å²) in [6.07, 6.45) is 5.88. The number of aromatic nitrogens is 2. The predicted octanol–water partition coefficient (Wildman–Crippen LogP) is 2.55. The summed E-state index contributed by atoms with van der Waals surface area (Å²) in [6.45, 7) is 5.76. The van der Waals surface area contributed by atoms with Crippen molar-refractivity contribution in [2.75, 3.05) is 19.8 Å². The van der Waals surface area contributed by atoms with Gasteiger partial charge in [-0.15, -0.1) is 0 Å². The van der Waals surface area contributed by atoms with Gasteiger partial charge in [0.25, 0.3) is 0 Å². The summed E-state index contributed by atoms with van der Waals surface area (Å²) in [5, 5.41) is 3.48. The normalized spacial score (nSPS) is 15.1. The second kappa shape index (κ2) is 6.37. The van der Waals surface area contributed by atoms with E-state index in [-0.39, 0.29) is 0 Å². The lowest BCUT2D eigenvalue weighted by atomic mass is 10.3. The molecule has 1 saturated carbocycles. The highest BCUT2D eigenvalue weighted by molar-refractivity contribution is 5.42. The third kappa shape index (κ3) is 3.38. The minimum absolute atomic E-state index is 0.861. The Kier molecular flexibility index (Phi) is 4.33. The van der Waals surface area contributed by atoms with Crippen molar-refractivity contribution < 1.29 is 4.74 Å². The van der Waals surface area contributed by atoms with Gasteiger partial charge in [0.05, 0.1) is 11.4 Å². The molecule has 3 rings (SSSR count). The van der Waals surface area contributed by atoms with E-state index in [0.717, 1.165) is 50.0 Å². The lowest BCUT2D eigenvalue weighted by Crippen LogP contribution is -2.18. The summed E-state index contributed by atoms with van der Waals surface area (Å²) in [4.78, 5) is 4.57. The number of nitrogens with one attached hydrogen (secondary N) is 1. The van der Waals surface area contributed by atoms with Crippen LogP contribution in [0, 0.1) is 12.8 Å². The summed E-state index contributed by atoms with van der Waals surface area (Å²) < 4.78 is 7.79. The molecule has 1 fully saturated rings. The van der Waals surface area contributed by atoms with Gasteiger partial charge in [0.1, 0.15) is 5.65 Å². The molecule has 0 saturated heterocycles. The Labute approximate surface area is 120 Å². The summed E-state index contributed by atoms with van der Waals surface area (Å²) >= 11 is 0.